The van der Waals surface area contributed by atoms with Gasteiger partial charge in [-0.3, -0.25) is 4.79 Å². The van der Waals surface area contributed by atoms with E-state index in [0.29, 0.717) is 22.8 Å². The van der Waals surface area contributed by atoms with E-state index in [1.807, 2.05) is 0 Å². The van der Waals surface area contributed by atoms with Gasteiger partial charge in [0, 0.05) is 18.1 Å². The smallest absolute Gasteiger partial charge is 0.408 e. The highest BCUT2D eigenvalue weighted by Crippen LogP contribution is 2.34. The summed E-state index contributed by atoms with van der Waals surface area (Å²) >= 11 is 0. The molecule has 0 aromatic heterocycles. The molecule has 2 rings (SSSR count). The molecule has 0 fully saturated rings. The minimum Gasteiger partial charge on any atom is -0.508 e. The SMILES string of the molecule is COc1cc(OC)c(CNC(=O)[C@@H](Cc2ccc(O)cc2)C[C@H](NC(=O)OC(C)(C)C)C(=O)OC(C)(C)C)c(OC)c1. The molecule has 2 aromatic carbocycles. The predicted octanol–water partition coefficient (Wildman–Crippen LogP) is 4.52. The summed E-state index contributed by atoms with van der Waals surface area (Å²) in [4.78, 5) is 39.6. The fourth-order valence-corrected chi connectivity index (χ4v) is 4.09. The Balaban J connectivity index is 2.40. The summed E-state index contributed by atoms with van der Waals surface area (Å²) in [5.74, 6) is -0.358. The van der Waals surface area contributed by atoms with Crippen molar-refractivity contribution in [1.29, 1.82) is 0 Å². The second-order valence-corrected chi connectivity index (χ2v) is 11.8. The number of amides is 2. The molecule has 0 aliphatic carbocycles. The number of rotatable bonds is 12. The molecule has 2 amide bonds. The van der Waals surface area contributed by atoms with Gasteiger partial charge in [0.2, 0.25) is 5.91 Å². The molecule has 11 heteroatoms. The van der Waals surface area contributed by atoms with Crippen molar-refractivity contribution in [3.05, 3.63) is 47.5 Å². The Hall–Kier alpha value is -4.15. The van der Waals surface area contributed by atoms with Crippen molar-refractivity contribution >= 4 is 18.0 Å². The molecule has 0 aliphatic heterocycles. The average molecular weight is 589 g/mol. The van der Waals surface area contributed by atoms with E-state index in [2.05, 4.69) is 10.6 Å². The summed E-state index contributed by atoms with van der Waals surface area (Å²) in [6, 6.07) is 8.59. The summed E-state index contributed by atoms with van der Waals surface area (Å²) in [5, 5.41) is 15.2. The number of nitrogens with one attached hydrogen (secondary N) is 2. The van der Waals surface area contributed by atoms with Crippen LogP contribution in [0.5, 0.6) is 23.0 Å². The molecule has 232 valence electrons. The largest absolute Gasteiger partial charge is 0.508 e. The van der Waals surface area contributed by atoms with Crippen LogP contribution in [-0.2, 0) is 32.0 Å². The van der Waals surface area contributed by atoms with Gasteiger partial charge in [0.25, 0.3) is 0 Å². The monoisotopic (exact) mass is 588 g/mol. The van der Waals surface area contributed by atoms with Crippen LogP contribution >= 0.6 is 0 Å². The lowest BCUT2D eigenvalue weighted by Gasteiger charge is -2.28. The molecule has 0 saturated heterocycles. The van der Waals surface area contributed by atoms with Crippen molar-refractivity contribution in [3.8, 4) is 23.0 Å². The number of ether oxygens (including phenoxy) is 5. The lowest BCUT2D eigenvalue weighted by Crippen LogP contribution is -2.48. The van der Waals surface area contributed by atoms with E-state index in [1.165, 1.54) is 33.5 Å². The fraction of sp³-hybridized carbons (Fsp3) is 0.516. The summed E-state index contributed by atoms with van der Waals surface area (Å²) in [7, 11) is 4.53. The van der Waals surface area contributed by atoms with Crippen LogP contribution in [0.1, 0.15) is 59.1 Å². The van der Waals surface area contributed by atoms with E-state index in [1.54, 1.807) is 65.8 Å². The quantitative estimate of drug-likeness (QED) is 0.305. The van der Waals surface area contributed by atoms with Crippen molar-refractivity contribution in [2.24, 2.45) is 5.92 Å². The maximum Gasteiger partial charge on any atom is 0.408 e. The highest BCUT2D eigenvalue weighted by atomic mass is 16.6. The molecular formula is C31H44N2O9. The number of alkyl carbamates (subject to hydrolysis) is 1. The van der Waals surface area contributed by atoms with Crippen molar-refractivity contribution in [3.63, 3.8) is 0 Å². The topological polar surface area (TPSA) is 142 Å². The third-order valence-electron chi connectivity index (χ3n) is 5.95. The summed E-state index contributed by atoms with van der Waals surface area (Å²) < 4.78 is 27.2. The molecule has 0 aliphatic rings. The second kappa shape index (κ2) is 14.7. The number of phenols is 1. The third-order valence-corrected chi connectivity index (χ3v) is 5.95. The molecule has 2 aromatic rings. The van der Waals surface area contributed by atoms with Gasteiger partial charge in [-0.1, -0.05) is 12.1 Å². The Kier molecular flexibility index (Phi) is 11.9. The number of hydrogen-bond acceptors (Lipinski definition) is 9. The van der Waals surface area contributed by atoms with Crippen LogP contribution in [-0.4, -0.2) is 61.6 Å². The van der Waals surface area contributed by atoms with Crippen molar-refractivity contribution in [1.82, 2.24) is 10.6 Å². The Morgan fingerprint density at radius 1 is 0.833 bits per heavy atom. The molecule has 2 atom stereocenters. The first-order chi connectivity index (χ1) is 19.5. The summed E-state index contributed by atoms with van der Waals surface area (Å²) in [5.41, 5.74) is -0.302. The van der Waals surface area contributed by atoms with Crippen LogP contribution in [0.3, 0.4) is 0 Å². The van der Waals surface area contributed by atoms with Gasteiger partial charge in [0.05, 0.1) is 33.4 Å². The molecule has 0 heterocycles. The number of carbonyl (C=O) groups is 3. The Labute approximate surface area is 247 Å². The Bertz CT molecular complexity index is 1190. The standard InChI is InChI=1S/C31H44N2O9/c1-30(2,3)41-28(36)24(33-29(37)42-31(4,5)6)15-20(14-19-10-12-21(34)13-11-19)27(35)32-18-23-25(39-8)16-22(38-7)17-26(23)40-9/h10-13,16-17,20,24,34H,14-15,18H2,1-9H3,(H,32,35)(H,33,37)/t20-,24-/m0/s1. The second-order valence-electron chi connectivity index (χ2n) is 11.8. The minimum absolute atomic E-state index is 0.0534. The third kappa shape index (κ3) is 11.0. The first-order valence-electron chi connectivity index (χ1n) is 13.6. The van der Waals surface area contributed by atoms with Crippen molar-refractivity contribution in [2.45, 2.75) is 78.2 Å². The lowest BCUT2D eigenvalue weighted by molar-refractivity contribution is -0.158. The summed E-state index contributed by atoms with van der Waals surface area (Å²) in [6.45, 7) is 10.3. The average Bonchev–Trinajstić information content (AvgIpc) is 2.89. The fourth-order valence-electron chi connectivity index (χ4n) is 4.09. The number of carbonyl (C=O) groups excluding carboxylic acids is 3. The molecule has 42 heavy (non-hydrogen) atoms. The van der Waals surface area contributed by atoms with Gasteiger partial charge in [-0.15, -0.1) is 0 Å². The zero-order chi connectivity index (χ0) is 31.7. The van der Waals surface area contributed by atoms with Crippen LogP contribution in [0.15, 0.2) is 36.4 Å². The molecule has 11 nitrogen and oxygen atoms in total. The van der Waals surface area contributed by atoms with E-state index in [-0.39, 0.29) is 31.0 Å². The molecule has 0 saturated carbocycles. The summed E-state index contributed by atoms with van der Waals surface area (Å²) in [6.07, 6.45) is -0.689. The van der Waals surface area contributed by atoms with Crippen LogP contribution < -0.4 is 24.8 Å². The zero-order valence-electron chi connectivity index (χ0n) is 26.0. The molecule has 3 N–H and O–H groups in total. The molecule has 0 radical (unpaired) electrons. The molecule has 0 unspecified atom stereocenters. The molecular weight excluding hydrogens is 544 g/mol. The Morgan fingerprint density at radius 3 is 1.86 bits per heavy atom. The van der Waals surface area contributed by atoms with Crippen LogP contribution in [0, 0.1) is 5.92 Å². The normalized spacial score (nSPS) is 12.9. The van der Waals surface area contributed by atoms with Gasteiger partial charge in [-0.25, -0.2) is 9.59 Å². The number of hydrogen-bond donors (Lipinski definition) is 3. The zero-order valence-corrected chi connectivity index (χ0v) is 26.0. The van der Waals surface area contributed by atoms with E-state index in [4.69, 9.17) is 23.7 Å². The van der Waals surface area contributed by atoms with Crippen molar-refractivity contribution < 1.29 is 43.2 Å². The van der Waals surface area contributed by atoms with Gasteiger partial charge in [0.1, 0.15) is 40.2 Å². The van der Waals surface area contributed by atoms with Gasteiger partial charge < -0.3 is 39.4 Å². The Morgan fingerprint density at radius 2 is 1.38 bits per heavy atom. The first kappa shape index (κ1) is 34.1. The number of aromatic hydroxyl groups is 1. The van der Waals surface area contributed by atoms with E-state index >= 15 is 0 Å². The first-order valence-corrected chi connectivity index (χ1v) is 13.6. The van der Waals surface area contributed by atoms with Crippen LogP contribution in [0.2, 0.25) is 0 Å². The number of esters is 1. The molecule has 0 bridgehead atoms. The van der Waals surface area contributed by atoms with E-state index in [9.17, 15) is 19.5 Å². The highest BCUT2D eigenvalue weighted by Gasteiger charge is 2.33. The van der Waals surface area contributed by atoms with Crippen LogP contribution in [0.25, 0.3) is 0 Å². The molecule has 0 spiro atoms. The van der Waals surface area contributed by atoms with Gasteiger partial charge in [-0.05, 0) is 72.1 Å². The lowest BCUT2D eigenvalue weighted by atomic mass is 9.91. The number of phenolic OH excluding ortho intramolecular Hbond substituents is 1. The number of benzene rings is 2. The van der Waals surface area contributed by atoms with Gasteiger partial charge in [-0.2, -0.15) is 0 Å². The number of methoxy groups -OCH3 is 3. The van der Waals surface area contributed by atoms with Gasteiger partial charge >= 0.3 is 12.1 Å². The maximum atomic E-state index is 13.7. The minimum atomic E-state index is -1.18. The maximum absolute atomic E-state index is 13.7. The highest BCUT2D eigenvalue weighted by molar-refractivity contribution is 5.84. The van der Waals surface area contributed by atoms with Gasteiger partial charge in [0.15, 0.2) is 0 Å². The van der Waals surface area contributed by atoms with E-state index < -0.39 is 35.2 Å². The van der Waals surface area contributed by atoms with Crippen molar-refractivity contribution in [2.75, 3.05) is 21.3 Å². The predicted molar refractivity (Wildman–Crippen MR) is 157 cm³/mol. The van der Waals surface area contributed by atoms with Crippen LogP contribution in [0.4, 0.5) is 4.79 Å². The van der Waals surface area contributed by atoms with E-state index in [0.717, 1.165) is 5.56 Å².